The third kappa shape index (κ3) is 5.22. The van der Waals surface area contributed by atoms with Gasteiger partial charge in [-0.3, -0.25) is 9.59 Å². The molecule has 2 fully saturated rings. The molecule has 0 saturated carbocycles. The highest BCUT2D eigenvalue weighted by molar-refractivity contribution is 5.82. The molecule has 1 aromatic carbocycles. The number of piperazine rings is 1. The molecule has 27 heavy (non-hydrogen) atoms. The zero-order valence-corrected chi connectivity index (χ0v) is 16.4. The van der Waals surface area contributed by atoms with Crippen molar-refractivity contribution in [3.05, 3.63) is 29.8 Å². The van der Waals surface area contributed by atoms with Gasteiger partial charge in [-0.25, -0.2) is 0 Å². The first kappa shape index (κ1) is 19.7. The summed E-state index contributed by atoms with van der Waals surface area (Å²) in [5.41, 5.74) is 1.25. The molecule has 0 aliphatic carbocycles. The second-order valence-corrected chi connectivity index (χ2v) is 7.46. The zero-order chi connectivity index (χ0) is 19.2. The Balaban J connectivity index is 1.44. The van der Waals surface area contributed by atoms with Crippen LogP contribution in [-0.2, 0) is 16.0 Å². The fraction of sp³-hybridized carbons (Fsp3) is 0.619. The molecule has 3 rings (SSSR count). The maximum Gasteiger partial charge on any atom is 0.263 e. The van der Waals surface area contributed by atoms with Gasteiger partial charge in [-0.2, -0.15) is 0 Å². The molecular formula is C21H31N3O3. The summed E-state index contributed by atoms with van der Waals surface area (Å²) in [6, 6.07) is 8.20. The van der Waals surface area contributed by atoms with Crippen molar-refractivity contribution >= 4 is 11.8 Å². The molecule has 1 aromatic rings. The number of carbonyl (C=O) groups is 2. The predicted molar refractivity (Wildman–Crippen MR) is 105 cm³/mol. The summed E-state index contributed by atoms with van der Waals surface area (Å²) < 4.78 is 5.81. The van der Waals surface area contributed by atoms with Crippen molar-refractivity contribution in [1.82, 2.24) is 15.1 Å². The van der Waals surface area contributed by atoms with Gasteiger partial charge in [-0.05, 0) is 50.4 Å². The SMILES string of the molecule is CCc1ccc(OC(C)C(=O)N2CCN(C(=O)CC3CCCN3)CC2)cc1. The monoisotopic (exact) mass is 373 g/mol. The van der Waals surface area contributed by atoms with E-state index in [1.807, 2.05) is 34.1 Å². The van der Waals surface area contributed by atoms with E-state index in [2.05, 4.69) is 12.2 Å². The average molecular weight is 373 g/mol. The number of nitrogens with zero attached hydrogens (tertiary/aromatic N) is 2. The van der Waals surface area contributed by atoms with Crippen molar-refractivity contribution in [3.63, 3.8) is 0 Å². The van der Waals surface area contributed by atoms with Crippen LogP contribution in [0.5, 0.6) is 5.75 Å². The number of amides is 2. The molecule has 2 heterocycles. The highest BCUT2D eigenvalue weighted by Crippen LogP contribution is 2.16. The average Bonchev–Trinajstić information content (AvgIpc) is 3.21. The lowest BCUT2D eigenvalue weighted by molar-refractivity contribution is -0.143. The van der Waals surface area contributed by atoms with Crippen LogP contribution in [0.2, 0.25) is 0 Å². The van der Waals surface area contributed by atoms with E-state index in [4.69, 9.17) is 4.74 Å². The quantitative estimate of drug-likeness (QED) is 0.826. The van der Waals surface area contributed by atoms with Crippen molar-refractivity contribution in [2.45, 2.75) is 51.7 Å². The lowest BCUT2D eigenvalue weighted by Gasteiger charge is -2.36. The van der Waals surface area contributed by atoms with E-state index in [0.29, 0.717) is 44.4 Å². The third-order valence-corrected chi connectivity index (χ3v) is 5.52. The second-order valence-electron chi connectivity index (χ2n) is 7.46. The van der Waals surface area contributed by atoms with Crippen molar-refractivity contribution < 1.29 is 14.3 Å². The van der Waals surface area contributed by atoms with Crippen LogP contribution in [-0.4, -0.2) is 66.5 Å². The Bertz CT molecular complexity index is 633. The van der Waals surface area contributed by atoms with Gasteiger partial charge in [-0.15, -0.1) is 0 Å². The van der Waals surface area contributed by atoms with Gasteiger partial charge in [0, 0.05) is 38.6 Å². The summed E-state index contributed by atoms with van der Waals surface area (Å²) in [5.74, 6) is 0.895. The van der Waals surface area contributed by atoms with Crippen molar-refractivity contribution in [3.8, 4) is 5.75 Å². The standard InChI is InChI=1S/C21H31N3O3/c1-3-17-6-8-19(9-7-17)27-16(2)21(26)24-13-11-23(12-14-24)20(25)15-18-5-4-10-22-18/h6-9,16,18,22H,3-5,10-15H2,1-2H3. The van der Waals surface area contributed by atoms with Gasteiger partial charge >= 0.3 is 0 Å². The summed E-state index contributed by atoms with van der Waals surface area (Å²) in [4.78, 5) is 28.8. The number of benzene rings is 1. The van der Waals surface area contributed by atoms with E-state index < -0.39 is 6.10 Å². The molecule has 6 heteroatoms. The molecule has 2 aliphatic heterocycles. The fourth-order valence-electron chi connectivity index (χ4n) is 3.76. The second kappa shape index (κ2) is 9.22. The molecule has 0 spiro atoms. The molecule has 0 radical (unpaired) electrons. The number of carbonyl (C=O) groups excluding carboxylic acids is 2. The number of hydrogen-bond acceptors (Lipinski definition) is 4. The van der Waals surface area contributed by atoms with Gasteiger partial charge in [0.25, 0.3) is 5.91 Å². The number of ether oxygens (including phenoxy) is 1. The summed E-state index contributed by atoms with van der Waals surface area (Å²) >= 11 is 0. The van der Waals surface area contributed by atoms with Crippen molar-refractivity contribution in [2.75, 3.05) is 32.7 Å². The smallest absolute Gasteiger partial charge is 0.263 e. The summed E-state index contributed by atoms with van der Waals surface area (Å²) in [7, 11) is 0. The topological polar surface area (TPSA) is 61.9 Å². The molecule has 2 amide bonds. The number of aryl methyl sites for hydroxylation is 1. The van der Waals surface area contributed by atoms with Gasteiger partial charge < -0.3 is 19.9 Å². The maximum absolute atomic E-state index is 12.7. The summed E-state index contributed by atoms with van der Waals surface area (Å²) in [6.45, 7) is 7.27. The van der Waals surface area contributed by atoms with E-state index >= 15 is 0 Å². The Morgan fingerprint density at radius 3 is 2.41 bits per heavy atom. The molecule has 6 nitrogen and oxygen atoms in total. The Hall–Kier alpha value is -2.08. The fourth-order valence-corrected chi connectivity index (χ4v) is 3.76. The van der Waals surface area contributed by atoms with Crippen molar-refractivity contribution in [2.24, 2.45) is 0 Å². The first-order valence-corrected chi connectivity index (χ1v) is 10.1. The number of hydrogen-bond donors (Lipinski definition) is 1. The number of nitrogens with one attached hydrogen (secondary N) is 1. The van der Waals surface area contributed by atoms with Gasteiger partial charge in [-0.1, -0.05) is 19.1 Å². The summed E-state index contributed by atoms with van der Waals surface area (Å²) in [6.07, 6.45) is 3.26. The molecule has 0 bridgehead atoms. The minimum absolute atomic E-state index is 0.0147. The molecule has 2 saturated heterocycles. The van der Waals surface area contributed by atoms with E-state index in [-0.39, 0.29) is 11.8 Å². The predicted octanol–water partition coefficient (Wildman–Crippen LogP) is 1.83. The maximum atomic E-state index is 12.7. The van der Waals surface area contributed by atoms with Crippen LogP contribution in [0.1, 0.15) is 38.7 Å². The van der Waals surface area contributed by atoms with E-state index in [1.54, 1.807) is 6.92 Å². The molecule has 2 unspecified atom stereocenters. The normalized spacial score (nSPS) is 21.2. The molecular weight excluding hydrogens is 342 g/mol. The number of rotatable bonds is 6. The Labute approximate surface area is 161 Å². The van der Waals surface area contributed by atoms with E-state index in [9.17, 15) is 9.59 Å². The Morgan fingerprint density at radius 2 is 1.81 bits per heavy atom. The minimum atomic E-state index is -0.526. The van der Waals surface area contributed by atoms with Crippen LogP contribution >= 0.6 is 0 Å². The first-order valence-electron chi connectivity index (χ1n) is 10.1. The minimum Gasteiger partial charge on any atom is -0.481 e. The molecule has 0 aromatic heterocycles. The van der Waals surface area contributed by atoms with Gasteiger partial charge in [0.05, 0.1) is 0 Å². The molecule has 1 N–H and O–H groups in total. The van der Waals surface area contributed by atoms with Crippen LogP contribution in [0, 0.1) is 0 Å². The molecule has 2 atom stereocenters. The lowest BCUT2D eigenvalue weighted by atomic mass is 10.1. The van der Waals surface area contributed by atoms with Gasteiger partial charge in [0.2, 0.25) is 5.91 Å². The van der Waals surface area contributed by atoms with Crippen LogP contribution in [0.25, 0.3) is 0 Å². The van der Waals surface area contributed by atoms with Crippen LogP contribution in [0.15, 0.2) is 24.3 Å². The Kier molecular flexibility index (Phi) is 6.72. The van der Waals surface area contributed by atoms with Gasteiger partial charge in [0.15, 0.2) is 6.10 Å². The van der Waals surface area contributed by atoms with E-state index in [1.165, 1.54) is 5.56 Å². The van der Waals surface area contributed by atoms with Gasteiger partial charge in [0.1, 0.15) is 5.75 Å². The van der Waals surface area contributed by atoms with Crippen LogP contribution < -0.4 is 10.1 Å². The Morgan fingerprint density at radius 1 is 1.15 bits per heavy atom. The largest absolute Gasteiger partial charge is 0.481 e. The lowest BCUT2D eigenvalue weighted by Crippen LogP contribution is -2.53. The van der Waals surface area contributed by atoms with Crippen LogP contribution in [0.3, 0.4) is 0 Å². The van der Waals surface area contributed by atoms with Crippen molar-refractivity contribution in [1.29, 1.82) is 0 Å². The first-order chi connectivity index (χ1) is 13.1. The highest BCUT2D eigenvalue weighted by Gasteiger charge is 2.29. The summed E-state index contributed by atoms with van der Waals surface area (Å²) in [5, 5.41) is 3.37. The highest BCUT2D eigenvalue weighted by atomic mass is 16.5. The van der Waals surface area contributed by atoms with E-state index in [0.717, 1.165) is 25.8 Å². The third-order valence-electron chi connectivity index (χ3n) is 5.52. The molecule has 2 aliphatic rings. The molecule has 148 valence electrons. The van der Waals surface area contributed by atoms with Crippen LogP contribution in [0.4, 0.5) is 0 Å². The zero-order valence-electron chi connectivity index (χ0n) is 16.4.